The maximum atomic E-state index is 9.06. The maximum Gasteiger partial charge on any atom is 0.488 e. The zero-order valence-electron chi connectivity index (χ0n) is 10.0. The van der Waals surface area contributed by atoms with Crippen LogP contribution in [0.15, 0.2) is 42.6 Å². The largest absolute Gasteiger partial charge is 0.489 e. The highest BCUT2D eigenvalue weighted by atomic mass is 16.5. The third-order valence-corrected chi connectivity index (χ3v) is 2.50. The second-order valence-electron chi connectivity index (χ2n) is 3.90. The van der Waals surface area contributed by atoms with E-state index < -0.39 is 7.12 Å². The van der Waals surface area contributed by atoms with Crippen molar-refractivity contribution >= 4 is 12.6 Å². The van der Waals surface area contributed by atoms with Gasteiger partial charge in [-0.3, -0.25) is 0 Å². The van der Waals surface area contributed by atoms with E-state index in [0.29, 0.717) is 16.9 Å². The molecule has 94 valence electrons. The first-order chi connectivity index (χ1) is 9.19. The second-order valence-corrected chi connectivity index (χ2v) is 3.90. The number of rotatable bonds is 4. The Balaban J connectivity index is 2.06. The Morgan fingerprint density at radius 2 is 2.11 bits per heavy atom. The summed E-state index contributed by atoms with van der Waals surface area (Å²) in [5.41, 5.74) is 1.52. The molecule has 2 N–H and O–H groups in total. The normalized spacial score (nSPS) is 9.74. The Morgan fingerprint density at radius 3 is 2.84 bits per heavy atom. The molecule has 0 amide bonds. The summed E-state index contributed by atoms with van der Waals surface area (Å²) in [6, 6.07) is 11.9. The Morgan fingerprint density at radius 1 is 1.26 bits per heavy atom. The highest BCUT2D eigenvalue weighted by Gasteiger charge is 2.11. The van der Waals surface area contributed by atoms with Crippen molar-refractivity contribution in [1.82, 2.24) is 4.98 Å². The fraction of sp³-hybridized carbons (Fsp3) is 0.0769. The standard InChI is InChI=1S/C13H11BN2O3/c15-8-12-6-10(4-5-16-12)9-19-13-3-1-2-11(7-13)14(17)18/h1-7,17-18H,9H2. The van der Waals surface area contributed by atoms with Crippen LogP contribution >= 0.6 is 0 Å². The molecule has 0 unspecified atom stereocenters. The maximum absolute atomic E-state index is 9.06. The van der Waals surface area contributed by atoms with Crippen LogP contribution in [0.3, 0.4) is 0 Å². The second kappa shape index (κ2) is 6.00. The van der Waals surface area contributed by atoms with Crippen molar-refractivity contribution in [2.24, 2.45) is 0 Å². The lowest BCUT2D eigenvalue weighted by Crippen LogP contribution is -2.29. The summed E-state index contributed by atoms with van der Waals surface area (Å²) in [4.78, 5) is 3.87. The van der Waals surface area contributed by atoms with Crippen LogP contribution < -0.4 is 10.2 Å². The zero-order valence-corrected chi connectivity index (χ0v) is 10.0. The smallest absolute Gasteiger partial charge is 0.488 e. The fourth-order valence-corrected chi connectivity index (χ4v) is 1.56. The Labute approximate surface area is 110 Å². The summed E-state index contributed by atoms with van der Waals surface area (Å²) >= 11 is 0. The van der Waals surface area contributed by atoms with Crippen molar-refractivity contribution in [3.8, 4) is 11.8 Å². The van der Waals surface area contributed by atoms with Crippen LogP contribution in [0.25, 0.3) is 0 Å². The molecule has 0 aliphatic heterocycles. The molecule has 0 aliphatic rings. The van der Waals surface area contributed by atoms with Crippen LogP contribution in [0.2, 0.25) is 0 Å². The highest BCUT2D eigenvalue weighted by molar-refractivity contribution is 6.58. The minimum atomic E-state index is -1.52. The lowest BCUT2D eigenvalue weighted by molar-refractivity contribution is 0.306. The van der Waals surface area contributed by atoms with Gasteiger partial charge in [0.05, 0.1) is 0 Å². The monoisotopic (exact) mass is 254 g/mol. The molecule has 19 heavy (non-hydrogen) atoms. The first-order valence-corrected chi connectivity index (χ1v) is 5.63. The molecule has 5 nitrogen and oxygen atoms in total. The van der Waals surface area contributed by atoms with Gasteiger partial charge in [-0.1, -0.05) is 12.1 Å². The van der Waals surface area contributed by atoms with E-state index >= 15 is 0 Å². The molecule has 6 heteroatoms. The van der Waals surface area contributed by atoms with Crippen molar-refractivity contribution in [2.75, 3.05) is 0 Å². The van der Waals surface area contributed by atoms with Gasteiger partial charge in [-0.25, -0.2) is 4.98 Å². The van der Waals surface area contributed by atoms with Crippen LogP contribution in [0.1, 0.15) is 11.3 Å². The molecule has 0 bridgehead atoms. The van der Waals surface area contributed by atoms with Gasteiger partial charge in [0, 0.05) is 6.20 Å². The third-order valence-electron chi connectivity index (χ3n) is 2.50. The molecular formula is C13H11BN2O3. The van der Waals surface area contributed by atoms with Crippen LogP contribution in [0.4, 0.5) is 0 Å². The van der Waals surface area contributed by atoms with Crippen LogP contribution in [0, 0.1) is 11.3 Å². The topological polar surface area (TPSA) is 86.4 Å². The lowest BCUT2D eigenvalue weighted by Gasteiger charge is -2.08. The molecule has 0 aliphatic carbocycles. The summed E-state index contributed by atoms with van der Waals surface area (Å²) in [7, 11) is -1.52. The van der Waals surface area contributed by atoms with Crippen LogP contribution in [-0.4, -0.2) is 22.2 Å². The predicted octanol–water partition coefficient (Wildman–Crippen LogP) is 0.212. The van der Waals surface area contributed by atoms with Gasteiger partial charge in [-0.05, 0) is 35.3 Å². The van der Waals surface area contributed by atoms with Crippen LogP contribution in [0.5, 0.6) is 5.75 Å². The Bertz CT molecular complexity index is 611. The van der Waals surface area contributed by atoms with Crippen molar-refractivity contribution in [1.29, 1.82) is 5.26 Å². The molecule has 2 aromatic rings. The van der Waals surface area contributed by atoms with E-state index in [0.717, 1.165) is 5.56 Å². The number of hydrogen-bond acceptors (Lipinski definition) is 5. The van der Waals surface area contributed by atoms with E-state index in [2.05, 4.69) is 4.98 Å². The number of nitriles is 1. The molecule has 0 fully saturated rings. The van der Waals surface area contributed by atoms with E-state index in [1.807, 2.05) is 6.07 Å². The average molecular weight is 254 g/mol. The Hall–Kier alpha value is -2.36. The summed E-state index contributed by atoms with van der Waals surface area (Å²) < 4.78 is 5.52. The zero-order chi connectivity index (χ0) is 13.7. The first-order valence-electron chi connectivity index (χ1n) is 5.63. The van der Waals surface area contributed by atoms with Gasteiger partial charge in [-0.15, -0.1) is 0 Å². The number of aromatic nitrogens is 1. The van der Waals surface area contributed by atoms with Gasteiger partial charge in [0.2, 0.25) is 0 Å². The van der Waals surface area contributed by atoms with Crippen molar-refractivity contribution in [3.63, 3.8) is 0 Å². The van der Waals surface area contributed by atoms with Gasteiger partial charge < -0.3 is 14.8 Å². The van der Waals surface area contributed by atoms with Crippen molar-refractivity contribution in [2.45, 2.75) is 6.61 Å². The average Bonchev–Trinajstić information content (AvgIpc) is 2.45. The molecule has 2 rings (SSSR count). The predicted molar refractivity (Wildman–Crippen MR) is 69.6 cm³/mol. The number of hydrogen-bond donors (Lipinski definition) is 2. The minimum Gasteiger partial charge on any atom is -0.489 e. The molecule has 1 aromatic carbocycles. The third kappa shape index (κ3) is 3.55. The molecule has 1 heterocycles. The van der Waals surface area contributed by atoms with Crippen molar-refractivity contribution in [3.05, 3.63) is 53.9 Å². The molecule has 0 saturated carbocycles. The van der Waals surface area contributed by atoms with E-state index in [1.54, 1.807) is 42.6 Å². The number of nitrogens with zero attached hydrogens (tertiary/aromatic N) is 2. The van der Waals surface area contributed by atoms with Gasteiger partial charge >= 0.3 is 7.12 Å². The SMILES string of the molecule is N#Cc1cc(COc2cccc(B(O)O)c2)ccn1. The van der Waals surface area contributed by atoms with E-state index in [4.69, 9.17) is 20.0 Å². The molecule has 0 atom stereocenters. The van der Waals surface area contributed by atoms with E-state index in [-0.39, 0.29) is 6.61 Å². The van der Waals surface area contributed by atoms with E-state index in [1.165, 1.54) is 0 Å². The molecule has 0 radical (unpaired) electrons. The molecule has 0 spiro atoms. The van der Waals surface area contributed by atoms with E-state index in [9.17, 15) is 0 Å². The molecule has 0 saturated heterocycles. The number of benzene rings is 1. The quantitative estimate of drug-likeness (QED) is 0.762. The number of pyridine rings is 1. The van der Waals surface area contributed by atoms with Gasteiger partial charge in [0.25, 0.3) is 0 Å². The lowest BCUT2D eigenvalue weighted by atomic mass is 9.80. The Kier molecular flexibility index (Phi) is 4.13. The van der Waals surface area contributed by atoms with Gasteiger partial charge in [-0.2, -0.15) is 5.26 Å². The molecule has 1 aromatic heterocycles. The number of ether oxygens (including phenoxy) is 1. The summed E-state index contributed by atoms with van der Waals surface area (Å²) in [5.74, 6) is 0.529. The summed E-state index contributed by atoms with van der Waals surface area (Å²) in [6.45, 7) is 0.280. The first kappa shape index (κ1) is 13.1. The van der Waals surface area contributed by atoms with Gasteiger partial charge in [0.1, 0.15) is 24.1 Å². The fourth-order valence-electron chi connectivity index (χ4n) is 1.56. The summed E-state index contributed by atoms with van der Waals surface area (Å²) in [5, 5.41) is 26.9. The molecular weight excluding hydrogens is 243 g/mol. The minimum absolute atomic E-state index is 0.280. The highest BCUT2D eigenvalue weighted by Crippen LogP contribution is 2.11. The van der Waals surface area contributed by atoms with Crippen molar-refractivity contribution < 1.29 is 14.8 Å². The van der Waals surface area contributed by atoms with Gasteiger partial charge in [0.15, 0.2) is 0 Å². The van der Waals surface area contributed by atoms with Crippen LogP contribution in [-0.2, 0) is 6.61 Å². The summed E-state index contributed by atoms with van der Waals surface area (Å²) in [6.07, 6.45) is 1.55.